The molecule has 0 N–H and O–H groups in total. The number of carbonyl (C=O) groups is 2. The van der Waals surface area contributed by atoms with Crippen LogP contribution >= 0.6 is 23.2 Å². The minimum atomic E-state index is -0.600. The Morgan fingerprint density at radius 1 is 0.857 bits per heavy atom. The van der Waals surface area contributed by atoms with Gasteiger partial charge in [-0.2, -0.15) is 0 Å². The van der Waals surface area contributed by atoms with E-state index in [1.165, 1.54) is 12.1 Å². The van der Waals surface area contributed by atoms with Gasteiger partial charge in [-0.1, -0.05) is 41.4 Å². The summed E-state index contributed by atoms with van der Waals surface area (Å²) in [7, 11) is 0. The summed E-state index contributed by atoms with van der Waals surface area (Å²) in [6.07, 6.45) is 0.898. The van der Waals surface area contributed by atoms with E-state index in [4.69, 9.17) is 23.2 Å². The first-order chi connectivity index (χ1) is 13.5. The average Bonchev–Trinajstić information content (AvgIpc) is 3.30. The van der Waals surface area contributed by atoms with Crippen LogP contribution in [-0.2, 0) is 9.59 Å². The van der Waals surface area contributed by atoms with E-state index >= 15 is 0 Å². The van der Waals surface area contributed by atoms with Gasteiger partial charge in [0.2, 0.25) is 5.91 Å². The second kappa shape index (κ2) is 6.52. The van der Waals surface area contributed by atoms with Crippen LogP contribution in [0.3, 0.4) is 0 Å². The Bertz CT molecular complexity index is 964. The molecule has 3 heterocycles. The number of imide groups is 1. The molecule has 2 aromatic carbocycles. The molecular formula is C20H16Cl2FN3O2. The molecule has 28 heavy (non-hydrogen) atoms. The van der Waals surface area contributed by atoms with Crippen molar-refractivity contribution in [2.24, 2.45) is 5.92 Å². The zero-order chi connectivity index (χ0) is 19.6. The molecule has 0 aromatic heterocycles. The molecule has 3 fully saturated rings. The first-order valence-corrected chi connectivity index (χ1v) is 9.85. The number of nitrogens with zero attached hydrogens (tertiary/aromatic N) is 3. The molecule has 8 heteroatoms. The number of halogens is 3. The predicted molar refractivity (Wildman–Crippen MR) is 103 cm³/mol. The van der Waals surface area contributed by atoms with Crippen LogP contribution in [-0.4, -0.2) is 41.0 Å². The molecule has 144 valence electrons. The zero-order valence-corrected chi connectivity index (χ0v) is 16.2. The highest BCUT2D eigenvalue weighted by Gasteiger charge is 2.63. The summed E-state index contributed by atoms with van der Waals surface area (Å²) in [5, 5.41) is 4.56. The standard InChI is InChI=1S/C20H16Cl2FN3O2/c21-13-3-1-4-14(22)17(13)26-19(27)15-16(11-5-7-12(23)8-6-11)24-9-2-10-25(24)18(15)20(26)28/h1,3-8,15-16,18H,2,9-10H2/t15-,16+,18-/m1/s1. The highest BCUT2D eigenvalue weighted by Crippen LogP contribution is 2.50. The summed E-state index contributed by atoms with van der Waals surface area (Å²) in [5.74, 6) is -1.57. The third-order valence-electron chi connectivity index (χ3n) is 5.78. The highest BCUT2D eigenvalue weighted by molar-refractivity contribution is 6.42. The molecule has 0 spiro atoms. The molecule has 3 saturated heterocycles. The second-order valence-electron chi connectivity index (χ2n) is 7.23. The maximum Gasteiger partial charge on any atom is 0.253 e. The zero-order valence-electron chi connectivity index (χ0n) is 14.7. The van der Waals surface area contributed by atoms with Crippen LogP contribution in [0.2, 0.25) is 10.0 Å². The Morgan fingerprint density at radius 3 is 2.11 bits per heavy atom. The molecule has 2 aromatic rings. The maximum absolute atomic E-state index is 13.4. The Labute approximate surface area is 171 Å². The minimum absolute atomic E-state index is 0.235. The van der Waals surface area contributed by atoms with E-state index in [9.17, 15) is 14.0 Å². The predicted octanol–water partition coefficient (Wildman–Crippen LogP) is 3.67. The number of hydrogen-bond donors (Lipinski definition) is 0. The first kappa shape index (κ1) is 18.1. The van der Waals surface area contributed by atoms with E-state index in [-0.39, 0.29) is 39.4 Å². The Balaban J connectivity index is 1.62. The van der Waals surface area contributed by atoms with Gasteiger partial charge in [-0.25, -0.2) is 19.3 Å². The van der Waals surface area contributed by atoms with Gasteiger partial charge in [0.25, 0.3) is 5.91 Å². The van der Waals surface area contributed by atoms with Gasteiger partial charge in [-0.15, -0.1) is 0 Å². The van der Waals surface area contributed by atoms with E-state index in [1.807, 2.05) is 5.01 Å². The molecule has 0 bridgehead atoms. The van der Waals surface area contributed by atoms with Crippen molar-refractivity contribution in [3.63, 3.8) is 0 Å². The molecule has 5 rings (SSSR count). The van der Waals surface area contributed by atoms with Gasteiger partial charge in [0, 0.05) is 13.1 Å². The van der Waals surface area contributed by atoms with Crippen LogP contribution in [0.1, 0.15) is 18.0 Å². The fraction of sp³-hybridized carbons (Fsp3) is 0.300. The summed E-state index contributed by atoms with van der Waals surface area (Å²) in [5.41, 5.74) is 1.05. The highest BCUT2D eigenvalue weighted by atomic mass is 35.5. The largest absolute Gasteiger partial charge is 0.274 e. The van der Waals surface area contributed by atoms with Crippen LogP contribution in [0.15, 0.2) is 42.5 Å². The molecule has 5 nitrogen and oxygen atoms in total. The summed E-state index contributed by atoms with van der Waals surface area (Å²) in [6, 6.07) is 10.1. The summed E-state index contributed by atoms with van der Waals surface area (Å²) >= 11 is 12.6. The van der Waals surface area contributed by atoms with Gasteiger partial charge in [0.15, 0.2) is 0 Å². The molecule has 3 aliphatic heterocycles. The number of benzene rings is 2. The van der Waals surface area contributed by atoms with E-state index in [0.717, 1.165) is 23.4 Å². The van der Waals surface area contributed by atoms with Gasteiger partial charge in [0.05, 0.1) is 27.7 Å². The van der Waals surface area contributed by atoms with Gasteiger partial charge in [-0.3, -0.25) is 9.59 Å². The van der Waals surface area contributed by atoms with Gasteiger partial charge < -0.3 is 0 Å². The summed E-state index contributed by atoms with van der Waals surface area (Å²) in [6.45, 7) is 1.45. The summed E-state index contributed by atoms with van der Waals surface area (Å²) < 4.78 is 13.4. The fourth-order valence-electron chi connectivity index (χ4n) is 4.70. The second-order valence-corrected chi connectivity index (χ2v) is 8.04. The lowest BCUT2D eigenvalue weighted by Gasteiger charge is -2.30. The Morgan fingerprint density at radius 2 is 1.46 bits per heavy atom. The number of anilines is 1. The molecule has 2 amide bonds. The molecule has 0 saturated carbocycles. The molecule has 0 unspecified atom stereocenters. The lowest BCUT2D eigenvalue weighted by atomic mass is 9.90. The number of amides is 2. The quantitative estimate of drug-likeness (QED) is 0.696. The third-order valence-corrected chi connectivity index (χ3v) is 6.39. The maximum atomic E-state index is 13.4. The van der Waals surface area contributed by atoms with Crippen molar-refractivity contribution in [2.45, 2.75) is 18.5 Å². The number of fused-ring (bicyclic) bond motifs is 3. The lowest BCUT2D eigenvalue weighted by Crippen LogP contribution is -2.44. The van der Waals surface area contributed by atoms with Crippen molar-refractivity contribution in [3.05, 3.63) is 63.9 Å². The van der Waals surface area contributed by atoms with Crippen LogP contribution in [0.25, 0.3) is 0 Å². The molecule has 3 aliphatic rings. The van der Waals surface area contributed by atoms with Crippen molar-refractivity contribution >= 4 is 40.7 Å². The van der Waals surface area contributed by atoms with Crippen molar-refractivity contribution in [3.8, 4) is 0 Å². The number of rotatable bonds is 2. The normalized spacial score (nSPS) is 27.5. The smallest absolute Gasteiger partial charge is 0.253 e. The lowest BCUT2D eigenvalue weighted by molar-refractivity contribution is -0.126. The SMILES string of the molecule is O=C1[C@H]2[C@H](C(=O)N1c1c(Cl)cccc1Cl)N1CCCN1[C@H]2c1ccc(F)cc1. The topological polar surface area (TPSA) is 43.9 Å². The van der Waals surface area contributed by atoms with Crippen LogP contribution in [0.5, 0.6) is 0 Å². The van der Waals surface area contributed by atoms with E-state index in [0.29, 0.717) is 6.54 Å². The van der Waals surface area contributed by atoms with E-state index < -0.39 is 12.0 Å². The van der Waals surface area contributed by atoms with Crippen LogP contribution in [0, 0.1) is 11.7 Å². The van der Waals surface area contributed by atoms with Crippen molar-refractivity contribution in [1.29, 1.82) is 0 Å². The van der Waals surface area contributed by atoms with Crippen LogP contribution < -0.4 is 4.90 Å². The Kier molecular flexibility index (Phi) is 4.21. The first-order valence-electron chi connectivity index (χ1n) is 9.09. The number of hydrazine groups is 1. The molecular weight excluding hydrogens is 404 g/mol. The van der Waals surface area contributed by atoms with Gasteiger partial charge in [-0.05, 0) is 36.2 Å². The molecule has 3 atom stereocenters. The molecule has 0 radical (unpaired) electrons. The Hall–Kier alpha value is -1.99. The number of para-hydroxylation sites is 1. The minimum Gasteiger partial charge on any atom is -0.274 e. The van der Waals surface area contributed by atoms with Crippen molar-refractivity contribution in [1.82, 2.24) is 10.0 Å². The fourth-order valence-corrected chi connectivity index (χ4v) is 5.26. The third kappa shape index (κ3) is 2.45. The monoisotopic (exact) mass is 419 g/mol. The van der Waals surface area contributed by atoms with Gasteiger partial charge >= 0.3 is 0 Å². The average molecular weight is 420 g/mol. The number of hydrogen-bond acceptors (Lipinski definition) is 4. The van der Waals surface area contributed by atoms with Crippen molar-refractivity contribution in [2.75, 3.05) is 18.0 Å². The molecule has 0 aliphatic carbocycles. The van der Waals surface area contributed by atoms with Crippen LogP contribution in [0.4, 0.5) is 10.1 Å². The van der Waals surface area contributed by atoms with E-state index in [1.54, 1.807) is 30.3 Å². The number of carbonyl (C=O) groups excluding carboxylic acids is 2. The van der Waals surface area contributed by atoms with E-state index in [2.05, 4.69) is 5.01 Å². The van der Waals surface area contributed by atoms with Crippen molar-refractivity contribution < 1.29 is 14.0 Å². The van der Waals surface area contributed by atoms with Gasteiger partial charge in [0.1, 0.15) is 11.9 Å². The summed E-state index contributed by atoms with van der Waals surface area (Å²) in [4.78, 5) is 27.9.